The summed E-state index contributed by atoms with van der Waals surface area (Å²) in [4.78, 5) is 0. The van der Waals surface area contributed by atoms with Crippen molar-refractivity contribution in [2.45, 2.75) is 0 Å². The maximum Gasteiger partial charge on any atom is 0.394 e. The van der Waals surface area contributed by atoms with Crippen molar-refractivity contribution in [1.82, 2.24) is 6.15 Å². The van der Waals surface area contributed by atoms with E-state index in [1.807, 2.05) is 0 Å². The minimum atomic E-state index is -4.67. The Morgan fingerprint density at radius 1 is 1.14 bits per heavy atom. The minimum absolute atomic E-state index is 0. The summed E-state index contributed by atoms with van der Waals surface area (Å²) < 4.78 is 31.6. The van der Waals surface area contributed by atoms with E-state index < -0.39 is 10.4 Å². The molecule has 0 atom stereocenters. The van der Waals surface area contributed by atoms with Gasteiger partial charge in [-0.15, -0.1) is 0 Å². The molecule has 0 aromatic rings. The Balaban J connectivity index is -0.0000000800. The molecule has 0 rings (SSSR count). The Kier molecular flexibility index (Phi) is 11.7. The molecule has 0 spiro atoms. The van der Waals surface area contributed by atoms with E-state index in [-0.39, 0.29) is 43.0 Å². The van der Waals surface area contributed by atoms with Crippen LogP contribution in [0.5, 0.6) is 0 Å². The smallest absolute Gasteiger partial charge is 0.344 e. The molecule has 0 amide bonds. The van der Waals surface area contributed by atoms with Crippen LogP contribution in [0, 0.1) is 36.9 Å². The Hall–Kier alpha value is 1.06. The van der Waals surface area contributed by atoms with Gasteiger partial charge in [0, 0.05) is 36.9 Å². The van der Waals surface area contributed by atoms with Gasteiger partial charge < -0.3 is 6.15 Å². The van der Waals surface area contributed by atoms with Gasteiger partial charge in [-0.25, -0.2) is 0 Å². The van der Waals surface area contributed by atoms with Gasteiger partial charge in [-0.05, 0) is 0 Å². The fourth-order valence-corrected chi connectivity index (χ4v) is 0. The molecule has 0 aliphatic carbocycles. The number of hydrogen-bond acceptors (Lipinski definition) is 3. The molecule has 7 heteroatoms. The molecular formula is H5NO4STm. The molecule has 0 aromatic carbocycles. The Morgan fingerprint density at radius 3 is 1.14 bits per heavy atom. The average molecular weight is 284 g/mol. The molecule has 0 saturated heterocycles. The van der Waals surface area contributed by atoms with Crippen LogP contribution in [0.4, 0.5) is 0 Å². The van der Waals surface area contributed by atoms with Gasteiger partial charge in [-0.3, -0.25) is 9.11 Å². The van der Waals surface area contributed by atoms with E-state index in [1.54, 1.807) is 0 Å². The molecule has 1 radical (unpaired) electrons. The second kappa shape index (κ2) is 5.21. The van der Waals surface area contributed by atoms with Crippen molar-refractivity contribution in [2.75, 3.05) is 0 Å². The van der Waals surface area contributed by atoms with E-state index >= 15 is 0 Å². The summed E-state index contributed by atoms with van der Waals surface area (Å²) in [5.41, 5.74) is 0. The van der Waals surface area contributed by atoms with Crippen LogP contribution in [-0.4, -0.2) is 17.5 Å². The summed E-state index contributed by atoms with van der Waals surface area (Å²) in [6.07, 6.45) is 0. The monoisotopic (exact) mass is 284 g/mol. The first-order valence-corrected chi connectivity index (χ1v) is 2.10. The zero-order chi connectivity index (χ0) is 4.50. The van der Waals surface area contributed by atoms with Crippen LogP contribution in [0.3, 0.4) is 0 Å². The van der Waals surface area contributed by atoms with E-state index in [4.69, 9.17) is 17.5 Å². The third-order valence-corrected chi connectivity index (χ3v) is 0. The summed E-state index contributed by atoms with van der Waals surface area (Å²) >= 11 is 0. The standard InChI is InChI=1S/H3N.H2O4S.Tm/c;1-5(2,3)4;/h1H3;(H2,1,2,3,4);. The van der Waals surface area contributed by atoms with Crippen LogP contribution in [0.15, 0.2) is 0 Å². The molecule has 0 aliphatic heterocycles. The largest absolute Gasteiger partial charge is 0.394 e. The molecule has 0 heterocycles. The van der Waals surface area contributed by atoms with Gasteiger partial charge in [0.05, 0.1) is 0 Å². The summed E-state index contributed by atoms with van der Waals surface area (Å²) in [7, 11) is -4.67. The van der Waals surface area contributed by atoms with E-state index in [0.717, 1.165) is 0 Å². The molecule has 0 aliphatic rings. The van der Waals surface area contributed by atoms with Crippen molar-refractivity contribution in [3.05, 3.63) is 0 Å². The normalized spacial score (nSPS) is 8.29. The van der Waals surface area contributed by atoms with Crippen LogP contribution < -0.4 is 6.15 Å². The summed E-state index contributed by atoms with van der Waals surface area (Å²) in [6.45, 7) is 0. The average Bonchev–Trinajstić information content (AvgIpc) is 0.722. The van der Waals surface area contributed by atoms with Gasteiger partial charge in [-0.1, -0.05) is 0 Å². The van der Waals surface area contributed by atoms with E-state index in [0.29, 0.717) is 0 Å². The van der Waals surface area contributed by atoms with Gasteiger partial charge in [0.25, 0.3) is 0 Å². The topological polar surface area (TPSA) is 110 Å². The number of hydrogen-bond donors (Lipinski definition) is 3. The first kappa shape index (κ1) is 15.7. The van der Waals surface area contributed by atoms with Gasteiger partial charge in [0.15, 0.2) is 0 Å². The van der Waals surface area contributed by atoms with Crippen molar-refractivity contribution in [1.29, 1.82) is 0 Å². The van der Waals surface area contributed by atoms with Crippen LogP contribution in [-0.2, 0) is 10.4 Å². The van der Waals surface area contributed by atoms with Gasteiger partial charge in [0.2, 0.25) is 0 Å². The Morgan fingerprint density at radius 2 is 1.14 bits per heavy atom. The molecule has 53 valence electrons. The summed E-state index contributed by atoms with van der Waals surface area (Å²) in [5, 5.41) is 0. The van der Waals surface area contributed by atoms with Gasteiger partial charge >= 0.3 is 10.4 Å². The molecular weight excluding hydrogens is 279 g/mol. The van der Waals surface area contributed by atoms with Crippen molar-refractivity contribution in [2.24, 2.45) is 0 Å². The molecule has 0 unspecified atom stereocenters. The third kappa shape index (κ3) is 160. The fourth-order valence-electron chi connectivity index (χ4n) is 0. The SMILES string of the molecule is N.O=S(=O)(O)O.[Tm]. The molecule has 0 bridgehead atoms. The first-order chi connectivity index (χ1) is 2.00. The van der Waals surface area contributed by atoms with Gasteiger partial charge in [0.1, 0.15) is 0 Å². The van der Waals surface area contributed by atoms with Crippen molar-refractivity contribution >= 4 is 10.4 Å². The third-order valence-electron chi connectivity index (χ3n) is 0. The molecule has 5 nitrogen and oxygen atoms in total. The second-order valence-corrected chi connectivity index (χ2v) is 1.34. The predicted molar refractivity (Wildman–Crippen MR) is 19.2 cm³/mol. The van der Waals surface area contributed by atoms with Crippen LogP contribution in [0.2, 0.25) is 0 Å². The predicted octanol–water partition coefficient (Wildman–Crippen LogP) is -0.491. The summed E-state index contributed by atoms with van der Waals surface area (Å²) in [5.74, 6) is 0. The maximum atomic E-state index is 8.74. The van der Waals surface area contributed by atoms with Crippen molar-refractivity contribution in [3.8, 4) is 0 Å². The van der Waals surface area contributed by atoms with E-state index in [9.17, 15) is 0 Å². The minimum Gasteiger partial charge on any atom is -0.344 e. The van der Waals surface area contributed by atoms with E-state index in [1.165, 1.54) is 0 Å². The quantitative estimate of drug-likeness (QED) is 0.520. The molecule has 0 aromatic heterocycles. The Labute approximate surface area is 70.4 Å². The molecule has 7 heavy (non-hydrogen) atoms. The fraction of sp³-hybridized carbons (Fsp3) is 0. The van der Waals surface area contributed by atoms with Crippen LogP contribution in [0.25, 0.3) is 0 Å². The van der Waals surface area contributed by atoms with Crippen molar-refractivity contribution < 1.29 is 54.4 Å². The maximum absolute atomic E-state index is 8.74. The molecule has 0 saturated carbocycles. The van der Waals surface area contributed by atoms with Crippen LogP contribution in [0.1, 0.15) is 0 Å². The zero-order valence-corrected chi connectivity index (χ0v) is 5.70. The molecule has 0 fully saturated rings. The number of rotatable bonds is 0. The first-order valence-electron chi connectivity index (χ1n) is 0.698. The zero-order valence-electron chi connectivity index (χ0n) is 3.10. The van der Waals surface area contributed by atoms with Crippen molar-refractivity contribution in [3.63, 3.8) is 0 Å². The Bertz CT molecular complexity index is 94.9. The van der Waals surface area contributed by atoms with Gasteiger partial charge in [-0.2, -0.15) is 8.42 Å². The van der Waals surface area contributed by atoms with Crippen LogP contribution >= 0.6 is 0 Å². The second-order valence-electron chi connectivity index (χ2n) is 0.448. The molecule has 5 N–H and O–H groups in total. The summed E-state index contributed by atoms with van der Waals surface area (Å²) in [6, 6.07) is 0. The van der Waals surface area contributed by atoms with E-state index in [2.05, 4.69) is 0 Å².